The van der Waals surface area contributed by atoms with Crippen LogP contribution in [0, 0.1) is 0 Å². The lowest BCUT2D eigenvalue weighted by Gasteiger charge is -2.31. The van der Waals surface area contributed by atoms with E-state index in [4.69, 9.17) is 4.74 Å². The molecule has 0 aromatic heterocycles. The van der Waals surface area contributed by atoms with E-state index in [2.05, 4.69) is 0 Å². The smallest absolute Gasteiger partial charge is 0.416 e. The van der Waals surface area contributed by atoms with E-state index in [1.807, 2.05) is 41.5 Å². The average molecular weight is 989 g/mol. The van der Waals surface area contributed by atoms with E-state index in [1.165, 1.54) is 55.6 Å². The number of hydrogen-bond donors (Lipinski definition) is 1. The van der Waals surface area contributed by atoms with Crippen molar-refractivity contribution in [1.82, 2.24) is 0 Å². The third-order valence-corrected chi connectivity index (χ3v) is 14.9. The third kappa shape index (κ3) is 9.44. The van der Waals surface area contributed by atoms with E-state index >= 15 is 4.57 Å². The molecule has 0 aliphatic heterocycles. The summed E-state index contributed by atoms with van der Waals surface area (Å²) in [7, 11) is -4.49. The van der Waals surface area contributed by atoms with Gasteiger partial charge in [-0.05, 0) is 104 Å². The van der Waals surface area contributed by atoms with Crippen LogP contribution in [-0.4, -0.2) is 18.2 Å². The molecular weight excluding hydrogens is 948 g/mol. The van der Waals surface area contributed by atoms with Crippen molar-refractivity contribution in [2.45, 2.75) is 77.1 Å². The molecule has 7 aromatic rings. The molecule has 7 aromatic carbocycles. The Hall–Kier alpha value is -6.28. The standard InChI is InChI=1S/C52H41F12O4P/c1-47(2,3)39-19-29(20-40(45(39)68-7)48(4,5)6)38-18-28-13-9-11-15-37(28)43(44(38)46(65)66)42-36-14-10-8-12-27(36)16-17-41(42)69(67,34-23-30(49(53,54)55)21-31(24-34)50(56,57)58)35-25-32(51(59,60)61)22-33(26-35)52(62,63)64/h8-26H,1-7H3,(H,65,66). The highest BCUT2D eigenvalue weighted by Crippen LogP contribution is 2.53. The summed E-state index contributed by atoms with van der Waals surface area (Å²) in [4.78, 5) is 14.2. The summed E-state index contributed by atoms with van der Waals surface area (Å²) < 4.78 is 199. The SMILES string of the molecule is COc1c(C(C)(C)C)cc(-c2cc3ccccc3c(-c3c(P(=O)(c4cc(C(F)(F)F)cc(C(F)(F)F)c4)c4cc(C(F)(F)F)cc(C(F)(F)F)c4)ccc4ccccc34)c2C(=O)O)cc1C(C)(C)C. The van der Waals surface area contributed by atoms with E-state index in [9.17, 15) is 62.6 Å². The van der Waals surface area contributed by atoms with Crippen molar-refractivity contribution in [3.63, 3.8) is 0 Å². The van der Waals surface area contributed by atoms with Gasteiger partial charge in [0.1, 0.15) is 5.75 Å². The second-order valence-electron chi connectivity index (χ2n) is 18.6. The van der Waals surface area contributed by atoms with Crippen LogP contribution in [0.4, 0.5) is 52.7 Å². The lowest BCUT2D eigenvalue weighted by molar-refractivity contribution is -0.144. The highest BCUT2D eigenvalue weighted by molar-refractivity contribution is 7.85. The summed E-state index contributed by atoms with van der Waals surface area (Å²) in [6.07, 6.45) is -22.5. The third-order valence-electron chi connectivity index (χ3n) is 11.9. The van der Waals surface area contributed by atoms with Crippen LogP contribution in [-0.2, 0) is 40.1 Å². The molecule has 4 nitrogen and oxygen atoms in total. The van der Waals surface area contributed by atoms with Crippen LogP contribution in [0.2, 0.25) is 0 Å². The average Bonchev–Trinajstić information content (AvgIpc) is 3.25. The zero-order valence-electron chi connectivity index (χ0n) is 37.6. The number of rotatable bonds is 7. The van der Waals surface area contributed by atoms with Crippen LogP contribution in [0.1, 0.15) is 85.3 Å². The quantitative estimate of drug-likeness (QED) is 0.128. The fraction of sp³-hybridized carbons (Fsp3) is 0.250. The maximum Gasteiger partial charge on any atom is 0.416 e. The maximum atomic E-state index is 16.7. The van der Waals surface area contributed by atoms with E-state index < -0.39 is 97.9 Å². The first-order valence-electron chi connectivity index (χ1n) is 20.9. The number of carboxylic acids is 1. The fourth-order valence-corrected chi connectivity index (χ4v) is 11.6. The number of methoxy groups -OCH3 is 1. The molecule has 0 atom stereocenters. The Morgan fingerprint density at radius 1 is 0.507 bits per heavy atom. The van der Waals surface area contributed by atoms with Crippen molar-refractivity contribution in [3.05, 3.63) is 154 Å². The summed E-state index contributed by atoms with van der Waals surface area (Å²) in [5.41, 5.74) is -9.37. The van der Waals surface area contributed by atoms with E-state index in [1.54, 1.807) is 24.3 Å². The van der Waals surface area contributed by atoms with Crippen LogP contribution in [0.5, 0.6) is 5.75 Å². The molecule has 0 aliphatic rings. The summed E-state index contributed by atoms with van der Waals surface area (Å²) in [6.45, 7) is 11.3. The lowest BCUT2D eigenvalue weighted by Crippen LogP contribution is -2.30. The molecule has 0 spiro atoms. The van der Waals surface area contributed by atoms with Crippen LogP contribution in [0.3, 0.4) is 0 Å². The first-order chi connectivity index (χ1) is 31.7. The number of alkyl halides is 12. The Balaban J connectivity index is 1.79. The molecule has 362 valence electrons. The number of halogens is 12. The van der Waals surface area contributed by atoms with Crippen molar-refractivity contribution in [2.24, 2.45) is 0 Å². The van der Waals surface area contributed by atoms with Gasteiger partial charge < -0.3 is 14.4 Å². The Kier molecular flexibility index (Phi) is 12.5. The van der Waals surface area contributed by atoms with Gasteiger partial charge in [0.05, 0.1) is 34.9 Å². The minimum Gasteiger partial charge on any atom is -0.496 e. The van der Waals surface area contributed by atoms with E-state index in [0.717, 1.165) is 6.07 Å². The Morgan fingerprint density at radius 3 is 1.28 bits per heavy atom. The number of carboxylic acid groups (broad SMARTS) is 1. The molecule has 0 bridgehead atoms. The fourth-order valence-electron chi connectivity index (χ4n) is 8.63. The van der Waals surface area contributed by atoms with Gasteiger partial charge in [-0.15, -0.1) is 0 Å². The second-order valence-corrected chi connectivity index (χ2v) is 21.4. The van der Waals surface area contributed by atoms with Crippen LogP contribution in [0.25, 0.3) is 43.8 Å². The van der Waals surface area contributed by atoms with Gasteiger partial charge in [-0.3, -0.25) is 0 Å². The number of benzene rings is 7. The molecule has 17 heteroatoms. The van der Waals surface area contributed by atoms with Crippen LogP contribution < -0.4 is 20.7 Å². The molecule has 0 amide bonds. The predicted octanol–water partition coefficient (Wildman–Crippen LogP) is 15.3. The second kappa shape index (κ2) is 17.0. The lowest BCUT2D eigenvalue weighted by atomic mass is 9.76. The highest BCUT2D eigenvalue weighted by atomic mass is 31.2. The van der Waals surface area contributed by atoms with Gasteiger partial charge in [-0.25, -0.2) is 4.79 Å². The summed E-state index contributed by atoms with van der Waals surface area (Å²) in [6, 6.07) is 18.2. The first-order valence-corrected chi connectivity index (χ1v) is 22.6. The van der Waals surface area contributed by atoms with Gasteiger partial charge in [0.2, 0.25) is 0 Å². The number of hydrogen-bond acceptors (Lipinski definition) is 3. The van der Waals surface area contributed by atoms with Crippen molar-refractivity contribution < 1.29 is 71.9 Å². The molecule has 0 fully saturated rings. The van der Waals surface area contributed by atoms with Gasteiger partial charge in [-0.1, -0.05) is 96.1 Å². The van der Waals surface area contributed by atoms with Gasteiger partial charge in [0.25, 0.3) is 0 Å². The molecule has 0 saturated heterocycles. The minimum absolute atomic E-state index is 0.000391. The molecular formula is C52H41F12O4P. The number of ether oxygens (including phenoxy) is 1. The Bertz CT molecular complexity index is 3060. The van der Waals surface area contributed by atoms with Crippen molar-refractivity contribution in [1.29, 1.82) is 0 Å². The van der Waals surface area contributed by atoms with Gasteiger partial charge >= 0.3 is 30.7 Å². The first kappa shape index (κ1) is 50.6. The van der Waals surface area contributed by atoms with Crippen molar-refractivity contribution in [2.75, 3.05) is 7.11 Å². The molecule has 0 saturated carbocycles. The molecule has 0 radical (unpaired) electrons. The summed E-state index contributed by atoms with van der Waals surface area (Å²) in [5.74, 6) is -1.16. The zero-order valence-corrected chi connectivity index (χ0v) is 38.5. The van der Waals surface area contributed by atoms with Crippen molar-refractivity contribution >= 4 is 50.6 Å². The van der Waals surface area contributed by atoms with Gasteiger partial charge in [-0.2, -0.15) is 52.7 Å². The van der Waals surface area contributed by atoms with Crippen molar-refractivity contribution in [3.8, 4) is 28.0 Å². The van der Waals surface area contributed by atoms with Crippen LogP contribution in [0.15, 0.2) is 115 Å². The molecule has 1 N–H and O–H groups in total. The Morgan fingerprint density at radius 2 is 0.899 bits per heavy atom. The molecule has 7 rings (SSSR count). The largest absolute Gasteiger partial charge is 0.496 e. The normalized spacial score (nSPS) is 13.3. The number of aromatic carboxylic acids is 1. The summed E-state index contributed by atoms with van der Waals surface area (Å²) in [5, 5.41) is 8.28. The van der Waals surface area contributed by atoms with E-state index in [-0.39, 0.29) is 63.7 Å². The molecule has 0 unspecified atom stereocenters. The summed E-state index contributed by atoms with van der Waals surface area (Å²) >= 11 is 0. The zero-order chi connectivity index (χ0) is 51.2. The predicted molar refractivity (Wildman–Crippen MR) is 243 cm³/mol. The molecule has 0 heterocycles. The van der Waals surface area contributed by atoms with E-state index in [0.29, 0.717) is 27.8 Å². The monoisotopic (exact) mass is 988 g/mol. The maximum absolute atomic E-state index is 16.7. The van der Waals surface area contributed by atoms with Crippen LogP contribution >= 0.6 is 7.14 Å². The minimum atomic E-state index is -5.96. The molecule has 69 heavy (non-hydrogen) atoms. The van der Waals surface area contributed by atoms with Gasteiger partial charge in [0, 0.05) is 38.2 Å². The topological polar surface area (TPSA) is 63.6 Å². The highest BCUT2D eigenvalue weighted by Gasteiger charge is 2.45. The molecule has 0 aliphatic carbocycles. The number of fused-ring (bicyclic) bond motifs is 2. The van der Waals surface area contributed by atoms with Gasteiger partial charge in [0.15, 0.2) is 7.14 Å². The number of carbonyl (C=O) groups is 1. The Labute approximate surface area is 387 Å².